The molecule has 0 atom stereocenters. The zero-order valence-electron chi connectivity index (χ0n) is 36.6. The summed E-state index contributed by atoms with van der Waals surface area (Å²) in [4.78, 5) is 38.5. The van der Waals surface area contributed by atoms with E-state index in [0.717, 1.165) is 30.3 Å². The van der Waals surface area contributed by atoms with Crippen LogP contribution in [0.4, 0.5) is 0 Å². The molecule has 1 aliphatic rings. The van der Waals surface area contributed by atoms with E-state index in [-0.39, 0.29) is 80.6 Å². The molecular weight excluding hydrogens is 1050 g/mol. The number of allylic oxidation sites excluding steroid dienone is 1. The number of hydrogen-bond donors (Lipinski definition) is 2. The summed E-state index contributed by atoms with van der Waals surface area (Å²) < 4.78 is 71.8. The second-order valence-electron chi connectivity index (χ2n) is 13.6. The van der Waals surface area contributed by atoms with Crippen LogP contribution in [0.5, 0.6) is 0 Å². The second-order valence-corrected chi connectivity index (χ2v) is 21.4. The molecule has 3 heterocycles. The first-order valence-electron chi connectivity index (χ1n) is 17.9. The Balaban J connectivity index is 0.000000461. The largest absolute Gasteiger partial charge is 1.00 e. The number of carboxylic acid groups (broad SMARTS) is 3. The van der Waals surface area contributed by atoms with Crippen molar-refractivity contribution >= 4 is 104 Å². The summed E-state index contributed by atoms with van der Waals surface area (Å²) in [6.07, 6.45) is 11.0. The van der Waals surface area contributed by atoms with Crippen molar-refractivity contribution in [2.45, 2.75) is 53.9 Å². The van der Waals surface area contributed by atoms with Gasteiger partial charge in [-0.3, -0.25) is 9.67 Å². The monoisotopic (exact) mass is 1090 g/mol. The fourth-order valence-corrected chi connectivity index (χ4v) is 10.2. The third kappa shape index (κ3) is 16.1. The summed E-state index contributed by atoms with van der Waals surface area (Å²) in [6.45, 7) is 5.58. The molecule has 0 fully saturated rings. The van der Waals surface area contributed by atoms with Gasteiger partial charge in [-0.25, -0.2) is 34.8 Å². The van der Waals surface area contributed by atoms with Crippen molar-refractivity contribution in [2.24, 2.45) is 4.99 Å². The number of sulfone groups is 3. The average Bonchev–Trinajstić information content (AvgIpc) is 3.94. The molecule has 0 amide bonds. The van der Waals surface area contributed by atoms with Gasteiger partial charge >= 0.3 is 42.9 Å². The first kappa shape index (κ1) is 57.2. The molecule has 0 saturated heterocycles. The van der Waals surface area contributed by atoms with E-state index >= 15 is 0 Å². The van der Waals surface area contributed by atoms with Gasteiger partial charge in [-0.2, -0.15) is 15.0 Å². The fourth-order valence-electron chi connectivity index (χ4n) is 5.89. The predicted molar refractivity (Wildman–Crippen MR) is 243 cm³/mol. The smallest absolute Gasteiger partial charge is 0.545 e. The van der Waals surface area contributed by atoms with Gasteiger partial charge in [0.15, 0.2) is 34.7 Å². The van der Waals surface area contributed by atoms with Crippen molar-refractivity contribution < 1.29 is 85.9 Å². The maximum atomic E-state index is 11.9. The molecule has 0 unspecified atom stereocenters. The zero-order valence-corrected chi connectivity index (χ0v) is 43.9. The summed E-state index contributed by atoms with van der Waals surface area (Å²) in [7, 11) is -10.3. The normalized spacial score (nSPS) is 12.0. The number of hydrogen-bond acceptors (Lipinski definition) is 14. The number of benzene rings is 3. The van der Waals surface area contributed by atoms with Crippen molar-refractivity contribution in [1.29, 1.82) is 0 Å². The van der Waals surface area contributed by atoms with Gasteiger partial charge in [0.05, 0.1) is 73.9 Å². The van der Waals surface area contributed by atoms with E-state index in [0.29, 0.717) is 43.7 Å². The summed E-state index contributed by atoms with van der Waals surface area (Å²) in [6, 6.07) is 7.73. The third-order valence-electron chi connectivity index (χ3n) is 9.02. The predicted octanol–water partition coefficient (Wildman–Crippen LogP) is 2.35. The van der Waals surface area contributed by atoms with Crippen molar-refractivity contribution in [3.05, 3.63) is 126 Å². The fraction of sp³-hybridized carbons (Fsp3) is 0.256. The Morgan fingerprint density at radius 2 is 1.17 bits per heavy atom. The van der Waals surface area contributed by atoms with Crippen LogP contribution in [-0.2, 0) is 47.9 Å². The Kier molecular flexibility index (Phi) is 21.3. The average molecular weight is 1090 g/mol. The first-order valence-corrected chi connectivity index (χ1v) is 25.8. The first-order chi connectivity index (χ1) is 29.6. The van der Waals surface area contributed by atoms with Crippen LogP contribution in [0.2, 0.25) is 10.2 Å². The Hall–Kier alpha value is -3.97. The molecule has 344 valence electrons. The van der Waals surface area contributed by atoms with Crippen LogP contribution in [0, 0.1) is 20.8 Å². The molecule has 1 aliphatic heterocycles. The van der Waals surface area contributed by atoms with Gasteiger partial charge in [0.1, 0.15) is 0 Å². The van der Waals surface area contributed by atoms with Crippen LogP contribution in [0.3, 0.4) is 0 Å². The van der Waals surface area contributed by atoms with Crippen LogP contribution in [0.1, 0.15) is 65.9 Å². The van der Waals surface area contributed by atoms with E-state index in [1.54, 1.807) is 27.0 Å². The van der Waals surface area contributed by atoms with Crippen molar-refractivity contribution in [3.8, 4) is 0 Å². The molecule has 0 bridgehead atoms. The van der Waals surface area contributed by atoms with Gasteiger partial charge in [0, 0.05) is 42.1 Å². The standard InChI is InChI=1S/C13H13ClN2O4S.C12H12ClN3O4S.C10H11BrO4S.C4H4ClN.Na/c1-8-10(13(17)18)3-4-12(21(2,19)20)11(8)7-16-6-9(14)5-15-16;1-7-8(12(17)18)3-4-10(21(2,19)20)9(7)6-16-14-5-11(13)15-16;1-6-7(10(12)13)3-4-9(8(6)5-11)16(2,14)15;5-4-1-2-6-3-4;/h3-6H,7H2,1-2H3,(H,17,18);3-5H,6H2,1-2H3,(H,17,18);3-4H,5H2,1-2H3,(H,12,13);1,3H,2H2;/q;;;;+1. The number of carbonyl (C=O) groups excluding carboxylic acids is 1. The molecule has 2 N–H and O–H groups in total. The van der Waals surface area contributed by atoms with Crippen molar-refractivity contribution in [2.75, 3.05) is 25.3 Å². The molecular formula is C39H40BrCl3N6NaO12S3+. The van der Waals surface area contributed by atoms with E-state index in [1.807, 2.05) is 6.08 Å². The van der Waals surface area contributed by atoms with E-state index in [4.69, 9.17) is 45.0 Å². The SMILES string of the molecule is Cc1c(C(=O)O)ccc(S(C)(=O)=O)c1CBr.Cc1c(C(=O)O)ccc(S(C)(=O)=O)c1Cn1ncc(Cl)n1.Cc1c(C(=O)[O-])ccc(S(C)(=O)=O)c1Cn1cc(Cl)cn1.ClC1=CCN=C1.[H+].[Na+]. The van der Waals surface area contributed by atoms with E-state index < -0.39 is 47.4 Å². The molecule has 0 spiro atoms. The Morgan fingerprint density at radius 1 is 0.723 bits per heavy atom. The number of alkyl halides is 1. The number of carboxylic acids is 3. The van der Waals surface area contributed by atoms with E-state index in [2.05, 4.69) is 36.2 Å². The van der Waals surface area contributed by atoms with Gasteiger partial charge in [-0.05, 0) is 90.6 Å². The summed E-state index contributed by atoms with van der Waals surface area (Å²) in [5.74, 6) is -3.53. The summed E-state index contributed by atoms with van der Waals surface area (Å²) in [5, 5.41) is 42.5. The number of rotatable bonds is 11. The van der Waals surface area contributed by atoms with Gasteiger partial charge < -0.3 is 20.1 Å². The van der Waals surface area contributed by atoms with E-state index in [9.17, 15) is 44.7 Å². The van der Waals surface area contributed by atoms with Gasteiger partial charge in [-0.15, -0.1) is 5.10 Å². The minimum atomic E-state index is -3.51. The summed E-state index contributed by atoms with van der Waals surface area (Å²) >= 11 is 20.0. The van der Waals surface area contributed by atoms with Crippen molar-refractivity contribution in [1.82, 2.24) is 24.8 Å². The number of aliphatic imine (C=N–C) groups is 1. The molecule has 18 nitrogen and oxygen atoms in total. The quantitative estimate of drug-likeness (QED) is 0.142. The summed E-state index contributed by atoms with van der Waals surface area (Å²) in [5.41, 5.74) is 2.50. The maximum Gasteiger partial charge on any atom is 1.00 e. The molecule has 0 radical (unpaired) electrons. The Morgan fingerprint density at radius 3 is 1.51 bits per heavy atom. The molecule has 5 aromatic rings. The molecule has 26 heteroatoms. The van der Waals surface area contributed by atoms with Crippen LogP contribution < -0.4 is 34.7 Å². The maximum absolute atomic E-state index is 11.9. The van der Waals surface area contributed by atoms with Crippen LogP contribution >= 0.6 is 50.7 Å². The Bertz CT molecular complexity index is 2880. The minimum absolute atomic E-state index is 0. The second kappa shape index (κ2) is 24.2. The van der Waals surface area contributed by atoms with Gasteiger partial charge in [0.25, 0.3) is 0 Å². The minimum Gasteiger partial charge on any atom is -0.545 e. The van der Waals surface area contributed by atoms with E-state index in [1.165, 1.54) is 64.5 Å². The number of aromatic nitrogens is 5. The zero-order chi connectivity index (χ0) is 48.5. The molecule has 3 aromatic carbocycles. The van der Waals surface area contributed by atoms with Gasteiger partial charge in [-0.1, -0.05) is 56.8 Å². The number of halogens is 4. The molecule has 0 aliphatic carbocycles. The number of aromatic carboxylic acids is 3. The van der Waals surface area contributed by atoms with Crippen LogP contribution in [-0.4, -0.2) is 110 Å². The molecule has 2 aromatic heterocycles. The Labute approximate surface area is 422 Å². The topological polar surface area (TPSA) is 278 Å². The number of carbonyl (C=O) groups is 3. The van der Waals surface area contributed by atoms with Crippen molar-refractivity contribution in [3.63, 3.8) is 0 Å². The third-order valence-corrected chi connectivity index (χ3v) is 13.7. The molecule has 0 saturated carbocycles. The number of nitrogens with zero attached hydrogens (tertiary/aromatic N) is 6. The van der Waals surface area contributed by atoms with Crippen LogP contribution in [0.25, 0.3) is 0 Å². The molecule has 6 rings (SSSR count). The van der Waals surface area contributed by atoms with Gasteiger partial charge in [0.2, 0.25) is 0 Å². The molecule has 65 heavy (non-hydrogen) atoms. The van der Waals surface area contributed by atoms with Crippen LogP contribution in [0.15, 0.2) is 85.8 Å².